The average molecular weight is 394 g/mol. The molecule has 5 heteroatoms. The Morgan fingerprint density at radius 3 is 2.34 bits per heavy atom. The SMILES string of the molecule is CC(=O)N(Cc1cc(NC(=O)C2CCC2)ccc1N(C)C)C(C)c1ccccc1. The van der Waals surface area contributed by atoms with E-state index >= 15 is 0 Å². The van der Waals surface area contributed by atoms with Gasteiger partial charge < -0.3 is 15.1 Å². The zero-order valence-electron chi connectivity index (χ0n) is 17.8. The van der Waals surface area contributed by atoms with Gasteiger partial charge in [0.15, 0.2) is 0 Å². The summed E-state index contributed by atoms with van der Waals surface area (Å²) >= 11 is 0. The molecule has 0 saturated heterocycles. The van der Waals surface area contributed by atoms with Gasteiger partial charge in [-0.3, -0.25) is 9.59 Å². The summed E-state index contributed by atoms with van der Waals surface area (Å²) in [7, 11) is 3.98. The first-order valence-corrected chi connectivity index (χ1v) is 10.3. The van der Waals surface area contributed by atoms with Crippen LogP contribution in [0.15, 0.2) is 48.5 Å². The minimum absolute atomic E-state index is 0.0231. The van der Waals surface area contributed by atoms with E-state index in [0.29, 0.717) is 6.54 Å². The largest absolute Gasteiger partial charge is 0.377 e. The van der Waals surface area contributed by atoms with Crippen LogP contribution in [-0.4, -0.2) is 30.8 Å². The number of nitrogens with one attached hydrogen (secondary N) is 1. The zero-order chi connectivity index (χ0) is 21.0. The highest BCUT2D eigenvalue weighted by Gasteiger charge is 2.26. The van der Waals surface area contributed by atoms with E-state index in [1.807, 2.05) is 79.3 Å². The maximum absolute atomic E-state index is 12.5. The van der Waals surface area contributed by atoms with Crippen LogP contribution in [0, 0.1) is 5.92 Å². The number of amides is 2. The summed E-state index contributed by atoms with van der Waals surface area (Å²) in [5, 5.41) is 3.05. The first-order chi connectivity index (χ1) is 13.9. The molecule has 1 N–H and O–H groups in total. The van der Waals surface area contributed by atoms with Gasteiger partial charge in [0.1, 0.15) is 0 Å². The number of carbonyl (C=O) groups is 2. The molecular weight excluding hydrogens is 362 g/mol. The lowest BCUT2D eigenvalue weighted by molar-refractivity contribution is -0.131. The van der Waals surface area contributed by atoms with E-state index in [-0.39, 0.29) is 23.8 Å². The summed E-state index contributed by atoms with van der Waals surface area (Å²) in [6.45, 7) is 4.14. The molecule has 0 bridgehead atoms. The van der Waals surface area contributed by atoms with Crippen molar-refractivity contribution in [2.75, 3.05) is 24.3 Å². The van der Waals surface area contributed by atoms with Crippen molar-refractivity contribution in [1.29, 1.82) is 0 Å². The van der Waals surface area contributed by atoms with Crippen molar-refractivity contribution in [3.63, 3.8) is 0 Å². The maximum Gasteiger partial charge on any atom is 0.227 e. The van der Waals surface area contributed by atoms with Crippen LogP contribution in [-0.2, 0) is 16.1 Å². The second kappa shape index (κ2) is 9.12. The Bertz CT molecular complexity index is 860. The molecule has 2 aromatic carbocycles. The molecular formula is C24H31N3O2. The lowest BCUT2D eigenvalue weighted by atomic mass is 9.85. The van der Waals surface area contributed by atoms with E-state index in [1.54, 1.807) is 6.92 Å². The van der Waals surface area contributed by atoms with Crippen molar-refractivity contribution in [1.82, 2.24) is 4.90 Å². The van der Waals surface area contributed by atoms with Crippen LogP contribution in [0.5, 0.6) is 0 Å². The number of nitrogens with zero attached hydrogens (tertiary/aromatic N) is 2. The van der Waals surface area contributed by atoms with Gasteiger partial charge in [0, 0.05) is 44.9 Å². The van der Waals surface area contributed by atoms with E-state index in [4.69, 9.17) is 0 Å². The molecule has 1 aliphatic carbocycles. The average Bonchev–Trinajstić information content (AvgIpc) is 2.64. The van der Waals surface area contributed by atoms with Crippen molar-refractivity contribution < 1.29 is 9.59 Å². The highest BCUT2D eigenvalue weighted by molar-refractivity contribution is 5.93. The normalized spacial score (nSPS) is 14.6. The second-order valence-corrected chi connectivity index (χ2v) is 8.09. The number of hydrogen-bond acceptors (Lipinski definition) is 3. The maximum atomic E-state index is 12.5. The fourth-order valence-electron chi connectivity index (χ4n) is 3.76. The Balaban J connectivity index is 1.86. The number of rotatable bonds is 7. The second-order valence-electron chi connectivity index (χ2n) is 8.09. The number of anilines is 2. The van der Waals surface area contributed by atoms with Crippen LogP contribution in [0.4, 0.5) is 11.4 Å². The Morgan fingerprint density at radius 1 is 1.10 bits per heavy atom. The van der Waals surface area contributed by atoms with E-state index in [0.717, 1.165) is 41.8 Å². The Labute approximate surface area is 173 Å². The molecule has 2 amide bonds. The third-order valence-corrected chi connectivity index (χ3v) is 5.80. The molecule has 3 rings (SSSR count). The molecule has 1 aliphatic rings. The Morgan fingerprint density at radius 2 is 1.79 bits per heavy atom. The molecule has 0 aromatic heterocycles. The Kier molecular flexibility index (Phi) is 6.57. The number of benzene rings is 2. The first kappa shape index (κ1) is 20.9. The fourth-order valence-corrected chi connectivity index (χ4v) is 3.76. The van der Waals surface area contributed by atoms with Gasteiger partial charge in [-0.05, 0) is 49.1 Å². The fraction of sp³-hybridized carbons (Fsp3) is 0.417. The summed E-state index contributed by atoms with van der Waals surface area (Å²) in [6.07, 6.45) is 3.08. The molecule has 2 aromatic rings. The molecule has 1 unspecified atom stereocenters. The van der Waals surface area contributed by atoms with Crippen LogP contribution in [0.25, 0.3) is 0 Å². The number of carbonyl (C=O) groups excluding carboxylic acids is 2. The van der Waals surface area contributed by atoms with Crippen molar-refractivity contribution in [3.05, 3.63) is 59.7 Å². The summed E-state index contributed by atoms with van der Waals surface area (Å²) in [6, 6.07) is 16.0. The van der Waals surface area contributed by atoms with Crippen LogP contribution >= 0.6 is 0 Å². The van der Waals surface area contributed by atoms with E-state index in [1.165, 1.54) is 0 Å². The minimum atomic E-state index is -0.0445. The van der Waals surface area contributed by atoms with E-state index in [2.05, 4.69) is 5.32 Å². The third-order valence-electron chi connectivity index (χ3n) is 5.80. The lowest BCUT2D eigenvalue weighted by Crippen LogP contribution is -2.32. The molecule has 1 atom stereocenters. The monoisotopic (exact) mass is 393 g/mol. The van der Waals surface area contributed by atoms with E-state index < -0.39 is 0 Å². The van der Waals surface area contributed by atoms with Gasteiger partial charge in [-0.2, -0.15) is 0 Å². The van der Waals surface area contributed by atoms with Gasteiger partial charge in [-0.1, -0.05) is 36.8 Å². The van der Waals surface area contributed by atoms with Crippen LogP contribution in [0.3, 0.4) is 0 Å². The first-order valence-electron chi connectivity index (χ1n) is 10.3. The minimum Gasteiger partial charge on any atom is -0.377 e. The van der Waals surface area contributed by atoms with Crippen LogP contribution in [0.2, 0.25) is 0 Å². The number of hydrogen-bond donors (Lipinski definition) is 1. The van der Waals surface area contributed by atoms with Gasteiger partial charge in [-0.15, -0.1) is 0 Å². The predicted octanol–water partition coefficient (Wildman–Crippen LogP) is 4.60. The predicted molar refractivity (Wildman–Crippen MR) is 118 cm³/mol. The van der Waals surface area contributed by atoms with Gasteiger partial charge in [0.05, 0.1) is 6.04 Å². The van der Waals surface area contributed by atoms with Gasteiger partial charge in [-0.25, -0.2) is 0 Å². The quantitative estimate of drug-likeness (QED) is 0.748. The van der Waals surface area contributed by atoms with E-state index in [9.17, 15) is 9.59 Å². The highest BCUT2D eigenvalue weighted by atomic mass is 16.2. The lowest BCUT2D eigenvalue weighted by Gasteiger charge is -2.31. The van der Waals surface area contributed by atoms with Gasteiger partial charge in [0.25, 0.3) is 0 Å². The molecule has 1 fully saturated rings. The molecule has 1 saturated carbocycles. The summed E-state index contributed by atoms with van der Waals surface area (Å²) in [5.74, 6) is 0.259. The van der Waals surface area contributed by atoms with Crippen molar-refractivity contribution in [2.45, 2.75) is 45.7 Å². The van der Waals surface area contributed by atoms with Crippen molar-refractivity contribution in [3.8, 4) is 0 Å². The smallest absolute Gasteiger partial charge is 0.227 e. The highest BCUT2D eigenvalue weighted by Crippen LogP contribution is 2.31. The van der Waals surface area contributed by atoms with Gasteiger partial charge >= 0.3 is 0 Å². The van der Waals surface area contributed by atoms with Crippen molar-refractivity contribution in [2.24, 2.45) is 5.92 Å². The van der Waals surface area contributed by atoms with Gasteiger partial charge in [0.2, 0.25) is 11.8 Å². The topological polar surface area (TPSA) is 52.7 Å². The molecule has 0 radical (unpaired) electrons. The van der Waals surface area contributed by atoms with Crippen LogP contribution < -0.4 is 10.2 Å². The molecule has 154 valence electrons. The molecule has 29 heavy (non-hydrogen) atoms. The molecule has 0 heterocycles. The standard InChI is InChI=1S/C24H31N3O2/c1-17(19-9-6-5-7-10-19)27(18(2)28)16-21-15-22(13-14-23(21)26(3)4)25-24(29)20-11-8-12-20/h5-7,9-10,13-15,17,20H,8,11-12,16H2,1-4H3,(H,25,29). The summed E-state index contributed by atoms with van der Waals surface area (Å²) < 4.78 is 0. The molecule has 5 nitrogen and oxygen atoms in total. The van der Waals surface area contributed by atoms with Crippen molar-refractivity contribution >= 4 is 23.2 Å². The molecule has 0 spiro atoms. The molecule has 0 aliphatic heterocycles. The summed E-state index contributed by atoms with van der Waals surface area (Å²) in [4.78, 5) is 28.8. The zero-order valence-corrected chi connectivity index (χ0v) is 17.8. The summed E-state index contributed by atoms with van der Waals surface area (Å²) in [5.41, 5.74) is 3.94. The Hall–Kier alpha value is -2.82. The third kappa shape index (κ3) is 4.97. The van der Waals surface area contributed by atoms with Crippen LogP contribution in [0.1, 0.15) is 50.3 Å².